The number of rotatable bonds is 6. The normalized spacial score (nSPS) is 11.6. The molecule has 19 heavy (non-hydrogen) atoms. The molecule has 0 aromatic heterocycles. The van der Waals surface area contributed by atoms with Gasteiger partial charge in [0.2, 0.25) is 5.75 Å². The van der Waals surface area contributed by atoms with Gasteiger partial charge in [0.1, 0.15) is 0 Å². The highest BCUT2D eigenvalue weighted by Gasteiger charge is 2.21. The fourth-order valence-corrected chi connectivity index (χ4v) is 1.79. The molecule has 0 heterocycles. The molecule has 6 heteroatoms. The zero-order chi connectivity index (χ0) is 14.4. The average molecular weight is 269 g/mol. The minimum atomic E-state index is -0.540. The lowest BCUT2D eigenvalue weighted by Gasteiger charge is -2.19. The van der Waals surface area contributed by atoms with Gasteiger partial charge in [0, 0.05) is 11.6 Å². The van der Waals surface area contributed by atoms with Gasteiger partial charge in [-0.2, -0.15) is 0 Å². The fraction of sp³-hybridized carbons (Fsp3) is 0.462. The quantitative estimate of drug-likeness (QED) is 0.783. The van der Waals surface area contributed by atoms with Crippen LogP contribution in [-0.4, -0.2) is 34.4 Å². The zero-order valence-electron chi connectivity index (χ0n) is 11.6. The Hall–Kier alpha value is -1.95. The number of carbonyl (C=O) groups excluding carboxylic acids is 1. The second-order valence-corrected chi connectivity index (χ2v) is 3.81. The third-order valence-corrected chi connectivity index (χ3v) is 2.75. The second-order valence-electron chi connectivity index (χ2n) is 3.81. The summed E-state index contributed by atoms with van der Waals surface area (Å²) in [4.78, 5) is 11.3. The Kier molecular flexibility index (Phi) is 5.44. The lowest BCUT2D eigenvalue weighted by Crippen LogP contribution is -2.17. The molecule has 0 fully saturated rings. The third kappa shape index (κ3) is 3.29. The van der Waals surface area contributed by atoms with Crippen LogP contribution in [-0.2, 0) is 9.53 Å². The van der Waals surface area contributed by atoms with Crippen molar-refractivity contribution in [2.75, 3.05) is 28.4 Å². The van der Waals surface area contributed by atoms with Crippen LogP contribution in [0.25, 0.3) is 0 Å². The predicted molar refractivity (Wildman–Crippen MR) is 69.7 cm³/mol. The first-order valence-electron chi connectivity index (χ1n) is 5.70. The van der Waals surface area contributed by atoms with Crippen molar-refractivity contribution in [2.24, 2.45) is 5.73 Å². The van der Waals surface area contributed by atoms with Crippen LogP contribution in [0.2, 0.25) is 0 Å². The van der Waals surface area contributed by atoms with Crippen molar-refractivity contribution < 1.29 is 23.7 Å². The zero-order valence-corrected chi connectivity index (χ0v) is 11.6. The molecule has 0 saturated heterocycles. The van der Waals surface area contributed by atoms with Crippen molar-refractivity contribution in [3.8, 4) is 17.2 Å². The van der Waals surface area contributed by atoms with Crippen molar-refractivity contribution in [1.29, 1.82) is 0 Å². The fourth-order valence-electron chi connectivity index (χ4n) is 1.79. The van der Waals surface area contributed by atoms with Gasteiger partial charge in [-0.05, 0) is 12.1 Å². The number of carbonyl (C=O) groups is 1. The molecule has 1 aromatic carbocycles. The highest BCUT2D eigenvalue weighted by atomic mass is 16.5. The molecule has 2 N–H and O–H groups in total. The molecule has 1 atom stereocenters. The molecule has 0 aliphatic rings. The van der Waals surface area contributed by atoms with E-state index >= 15 is 0 Å². The monoisotopic (exact) mass is 269 g/mol. The van der Waals surface area contributed by atoms with E-state index < -0.39 is 6.04 Å². The van der Waals surface area contributed by atoms with Crippen molar-refractivity contribution in [3.63, 3.8) is 0 Å². The van der Waals surface area contributed by atoms with Crippen LogP contribution in [0.3, 0.4) is 0 Å². The summed E-state index contributed by atoms with van der Waals surface area (Å²) in [5.41, 5.74) is 6.64. The average Bonchev–Trinajstić information content (AvgIpc) is 2.44. The topological polar surface area (TPSA) is 80.0 Å². The van der Waals surface area contributed by atoms with Crippen LogP contribution in [0.5, 0.6) is 17.2 Å². The van der Waals surface area contributed by atoms with Crippen molar-refractivity contribution in [2.45, 2.75) is 12.5 Å². The molecule has 0 spiro atoms. The number of benzene rings is 1. The number of ether oxygens (including phenoxy) is 4. The number of methoxy groups -OCH3 is 4. The molecule has 0 aliphatic carbocycles. The highest BCUT2D eigenvalue weighted by Crippen LogP contribution is 2.42. The summed E-state index contributed by atoms with van der Waals surface area (Å²) in [6, 6.07) is 2.92. The molecule has 0 bridgehead atoms. The van der Waals surface area contributed by atoms with E-state index in [4.69, 9.17) is 19.9 Å². The Bertz CT molecular complexity index is 447. The molecule has 1 rings (SSSR count). The van der Waals surface area contributed by atoms with Crippen molar-refractivity contribution in [1.82, 2.24) is 0 Å². The number of hydrogen-bond donors (Lipinski definition) is 1. The Labute approximate surface area is 112 Å². The van der Waals surface area contributed by atoms with Crippen LogP contribution < -0.4 is 19.9 Å². The highest BCUT2D eigenvalue weighted by molar-refractivity contribution is 5.71. The molecule has 106 valence electrons. The van der Waals surface area contributed by atoms with Crippen LogP contribution >= 0.6 is 0 Å². The third-order valence-electron chi connectivity index (χ3n) is 2.75. The lowest BCUT2D eigenvalue weighted by atomic mass is 10.0. The Morgan fingerprint density at radius 1 is 1.11 bits per heavy atom. The summed E-state index contributed by atoms with van der Waals surface area (Å²) in [6.45, 7) is 0. The number of esters is 1. The van der Waals surface area contributed by atoms with Gasteiger partial charge in [-0.15, -0.1) is 0 Å². The number of nitrogens with two attached hydrogens (primary N) is 1. The van der Waals surface area contributed by atoms with E-state index in [1.54, 1.807) is 12.1 Å². The first-order valence-corrected chi connectivity index (χ1v) is 5.70. The van der Waals surface area contributed by atoms with Crippen molar-refractivity contribution in [3.05, 3.63) is 17.7 Å². The van der Waals surface area contributed by atoms with E-state index in [1.807, 2.05) is 0 Å². The maximum atomic E-state index is 11.3. The molecule has 0 radical (unpaired) electrons. The van der Waals surface area contributed by atoms with Crippen LogP contribution in [0.4, 0.5) is 0 Å². The van der Waals surface area contributed by atoms with Gasteiger partial charge >= 0.3 is 5.97 Å². The van der Waals surface area contributed by atoms with E-state index in [0.29, 0.717) is 22.8 Å². The Morgan fingerprint density at radius 2 is 1.74 bits per heavy atom. The summed E-state index contributed by atoms with van der Waals surface area (Å²) in [5.74, 6) is 1.05. The first-order chi connectivity index (χ1) is 9.08. The largest absolute Gasteiger partial charge is 0.493 e. The maximum Gasteiger partial charge on any atom is 0.307 e. The minimum Gasteiger partial charge on any atom is -0.493 e. The van der Waals surface area contributed by atoms with E-state index in [-0.39, 0.29) is 12.4 Å². The summed E-state index contributed by atoms with van der Waals surface area (Å²) < 4.78 is 20.3. The van der Waals surface area contributed by atoms with E-state index in [0.717, 1.165) is 0 Å². The van der Waals surface area contributed by atoms with Gasteiger partial charge in [0.05, 0.1) is 34.9 Å². The predicted octanol–water partition coefficient (Wildman–Crippen LogP) is 1.28. The summed E-state index contributed by atoms with van der Waals surface area (Å²) >= 11 is 0. The second kappa shape index (κ2) is 6.84. The molecule has 1 aromatic rings. The van der Waals surface area contributed by atoms with Gasteiger partial charge in [-0.25, -0.2) is 0 Å². The van der Waals surface area contributed by atoms with Gasteiger partial charge in [-0.1, -0.05) is 0 Å². The van der Waals surface area contributed by atoms with Gasteiger partial charge in [0.25, 0.3) is 0 Å². The summed E-state index contributed by atoms with van der Waals surface area (Å²) in [6.07, 6.45) is 0.0579. The first kappa shape index (κ1) is 15.1. The van der Waals surface area contributed by atoms with Crippen LogP contribution in [0.1, 0.15) is 18.0 Å². The van der Waals surface area contributed by atoms with Gasteiger partial charge < -0.3 is 24.7 Å². The van der Waals surface area contributed by atoms with Crippen LogP contribution in [0.15, 0.2) is 12.1 Å². The van der Waals surface area contributed by atoms with Crippen LogP contribution in [0, 0.1) is 0 Å². The standard InChI is InChI=1S/C13H19NO5/c1-16-10-6-5-8(9(14)7-11(15)17-2)12(18-3)13(10)19-4/h5-6,9H,7,14H2,1-4H3/t9-/m0/s1. The maximum absolute atomic E-state index is 11.3. The minimum absolute atomic E-state index is 0.0579. The van der Waals surface area contributed by atoms with Gasteiger partial charge in [-0.3, -0.25) is 4.79 Å². The molecule has 0 amide bonds. The molecular formula is C13H19NO5. The lowest BCUT2D eigenvalue weighted by molar-refractivity contribution is -0.141. The smallest absolute Gasteiger partial charge is 0.307 e. The number of hydrogen-bond acceptors (Lipinski definition) is 6. The molecule has 0 unspecified atom stereocenters. The summed E-state index contributed by atoms with van der Waals surface area (Å²) in [5, 5.41) is 0. The molecule has 6 nitrogen and oxygen atoms in total. The van der Waals surface area contributed by atoms with E-state index in [9.17, 15) is 4.79 Å². The van der Waals surface area contributed by atoms with Gasteiger partial charge in [0.15, 0.2) is 11.5 Å². The van der Waals surface area contributed by atoms with E-state index in [1.165, 1.54) is 28.4 Å². The summed E-state index contributed by atoms with van der Waals surface area (Å²) in [7, 11) is 5.87. The Morgan fingerprint density at radius 3 is 2.21 bits per heavy atom. The SMILES string of the molecule is COC(=O)C[C@H](N)c1ccc(OC)c(OC)c1OC. The molecular weight excluding hydrogens is 250 g/mol. The molecule has 0 saturated carbocycles. The van der Waals surface area contributed by atoms with Crippen molar-refractivity contribution >= 4 is 5.97 Å². The Balaban J connectivity index is 3.17. The van der Waals surface area contributed by atoms with E-state index in [2.05, 4.69) is 4.74 Å². The molecule has 0 aliphatic heterocycles.